The second-order valence-electron chi connectivity index (χ2n) is 3.09. The predicted octanol–water partition coefficient (Wildman–Crippen LogP) is 1.09. The van der Waals surface area contributed by atoms with Gasteiger partial charge in [0.2, 0.25) is 0 Å². The van der Waals surface area contributed by atoms with Gasteiger partial charge >= 0.3 is 0 Å². The number of nitrogens with zero attached hydrogens (tertiary/aromatic N) is 3. The Morgan fingerprint density at radius 2 is 2.07 bits per heavy atom. The molecule has 68 valence electrons. The Labute approximate surface area is 79.0 Å². The maximum absolute atomic E-state index is 5.54. The van der Waals surface area contributed by atoms with E-state index in [-0.39, 0.29) is 0 Å². The zero-order chi connectivity index (χ0) is 9.54. The average Bonchev–Trinajstić information content (AvgIpc) is 2.61. The summed E-state index contributed by atoms with van der Waals surface area (Å²) in [5, 5.41) is 7.83. The van der Waals surface area contributed by atoms with Gasteiger partial charge in [0.1, 0.15) is 5.82 Å². The van der Waals surface area contributed by atoms with E-state index in [4.69, 9.17) is 5.73 Å². The molecule has 0 atom stereocenters. The first kappa shape index (κ1) is 7.25. The molecule has 1 aromatic carbocycles. The molecule has 0 amide bonds. The molecule has 0 aliphatic heterocycles. The summed E-state index contributed by atoms with van der Waals surface area (Å²) >= 11 is 0. The lowest BCUT2D eigenvalue weighted by atomic mass is 10.2. The fraction of sp³-hybridized carbons (Fsp3) is 0. The van der Waals surface area contributed by atoms with E-state index in [2.05, 4.69) is 20.2 Å². The van der Waals surface area contributed by atoms with Gasteiger partial charge in [-0.25, -0.2) is 4.98 Å². The molecule has 0 saturated carbocycles. The summed E-state index contributed by atoms with van der Waals surface area (Å²) in [5.74, 6) is 0.427. The number of aromatic amines is 1. The molecule has 0 bridgehead atoms. The van der Waals surface area contributed by atoms with Gasteiger partial charge in [0.05, 0.1) is 28.9 Å². The highest BCUT2D eigenvalue weighted by Gasteiger charge is 2.01. The molecule has 2 heterocycles. The molecule has 5 nitrogen and oxygen atoms in total. The van der Waals surface area contributed by atoms with Crippen LogP contribution in [-0.2, 0) is 0 Å². The lowest BCUT2D eigenvalue weighted by molar-refractivity contribution is 1.12. The highest BCUT2D eigenvalue weighted by molar-refractivity contribution is 5.92. The van der Waals surface area contributed by atoms with Crippen LogP contribution in [-0.4, -0.2) is 20.2 Å². The first-order valence-corrected chi connectivity index (χ1v) is 4.18. The van der Waals surface area contributed by atoms with Crippen LogP contribution in [0.4, 0.5) is 5.82 Å². The van der Waals surface area contributed by atoms with E-state index < -0.39 is 0 Å². The quantitative estimate of drug-likeness (QED) is 0.549. The maximum Gasteiger partial charge on any atom is 0.142 e. The monoisotopic (exact) mass is 185 g/mol. The molecule has 2 aromatic heterocycles. The standard InChI is InChI=1S/C9H7N5/c10-9-4-11-7-1-5-3-12-14-6(5)2-8(7)13-9/h1-4H,(H2,10,13)(H,12,14). The Bertz CT molecular complexity index is 613. The Morgan fingerprint density at radius 3 is 3.00 bits per heavy atom. The molecule has 0 unspecified atom stereocenters. The SMILES string of the molecule is Nc1cnc2cc3cn[nH]c3cc2n1. The number of benzene rings is 1. The topological polar surface area (TPSA) is 80.5 Å². The smallest absolute Gasteiger partial charge is 0.142 e. The van der Waals surface area contributed by atoms with E-state index in [0.29, 0.717) is 5.82 Å². The predicted molar refractivity (Wildman–Crippen MR) is 53.6 cm³/mol. The van der Waals surface area contributed by atoms with Gasteiger partial charge in [0.15, 0.2) is 0 Å². The van der Waals surface area contributed by atoms with E-state index in [1.807, 2.05) is 12.1 Å². The van der Waals surface area contributed by atoms with Crippen molar-refractivity contribution in [1.29, 1.82) is 0 Å². The van der Waals surface area contributed by atoms with E-state index in [9.17, 15) is 0 Å². The number of aromatic nitrogens is 4. The largest absolute Gasteiger partial charge is 0.382 e. The van der Waals surface area contributed by atoms with Crippen molar-refractivity contribution >= 4 is 27.8 Å². The third kappa shape index (κ3) is 0.922. The molecule has 0 aliphatic rings. The zero-order valence-electron chi connectivity index (χ0n) is 7.23. The Kier molecular flexibility index (Phi) is 1.25. The molecule has 3 N–H and O–H groups in total. The summed E-state index contributed by atoms with van der Waals surface area (Å²) in [6.07, 6.45) is 3.31. The maximum atomic E-state index is 5.54. The minimum Gasteiger partial charge on any atom is -0.382 e. The van der Waals surface area contributed by atoms with Gasteiger partial charge < -0.3 is 5.73 Å². The van der Waals surface area contributed by atoms with Crippen LogP contribution in [0.3, 0.4) is 0 Å². The molecule has 3 aromatic rings. The number of nitrogens with one attached hydrogen (secondary N) is 1. The van der Waals surface area contributed by atoms with Crippen LogP contribution in [0.15, 0.2) is 24.5 Å². The summed E-state index contributed by atoms with van der Waals surface area (Å²) in [6, 6.07) is 3.82. The van der Waals surface area contributed by atoms with Gasteiger partial charge in [-0.15, -0.1) is 0 Å². The van der Waals surface area contributed by atoms with Crippen LogP contribution in [0, 0.1) is 0 Å². The number of nitrogens with two attached hydrogens (primary N) is 1. The van der Waals surface area contributed by atoms with Crippen molar-refractivity contribution in [3.63, 3.8) is 0 Å². The van der Waals surface area contributed by atoms with Crippen LogP contribution >= 0.6 is 0 Å². The summed E-state index contributed by atoms with van der Waals surface area (Å²) in [4.78, 5) is 8.35. The van der Waals surface area contributed by atoms with Crippen molar-refractivity contribution in [1.82, 2.24) is 20.2 Å². The molecule has 0 saturated heterocycles. The number of nitrogen functional groups attached to an aromatic ring is 1. The summed E-state index contributed by atoms with van der Waals surface area (Å²) in [7, 11) is 0. The minimum absolute atomic E-state index is 0.427. The van der Waals surface area contributed by atoms with Gasteiger partial charge in [0, 0.05) is 5.39 Å². The van der Waals surface area contributed by atoms with Gasteiger partial charge in [-0.2, -0.15) is 5.10 Å². The number of hydrogen-bond acceptors (Lipinski definition) is 4. The van der Waals surface area contributed by atoms with Crippen LogP contribution in [0.2, 0.25) is 0 Å². The average molecular weight is 185 g/mol. The molecular formula is C9H7N5. The number of hydrogen-bond donors (Lipinski definition) is 2. The second-order valence-corrected chi connectivity index (χ2v) is 3.09. The molecule has 5 heteroatoms. The van der Waals surface area contributed by atoms with Crippen molar-refractivity contribution in [2.75, 3.05) is 5.73 Å². The van der Waals surface area contributed by atoms with E-state index in [1.165, 1.54) is 0 Å². The Hall–Kier alpha value is -2.17. The number of H-pyrrole nitrogens is 1. The van der Waals surface area contributed by atoms with Crippen LogP contribution in [0.1, 0.15) is 0 Å². The van der Waals surface area contributed by atoms with Crippen molar-refractivity contribution < 1.29 is 0 Å². The molecule has 0 spiro atoms. The third-order valence-electron chi connectivity index (χ3n) is 2.12. The highest BCUT2D eigenvalue weighted by Crippen LogP contribution is 2.18. The van der Waals surface area contributed by atoms with Crippen molar-refractivity contribution in [3.05, 3.63) is 24.5 Å². The molecular weight excluding hydrogens is 178 g/mol. The van der Waals surface area contributed by atoms with Gasteiger partial charge in [-0.05, 0) is 12.1 Å². The van der Waals surface area contributed by atoms with Crippen molar-refractivity contribution in [3.8, 4) is 0 Å². The van der Waals surface area contributed by atoms with Gasteiger partial charge in [-0.1, -0.05) is 0 Å². The van der Waals surface area contributed by atoms with Gasteiger partial charge in [-0.3, -0.25) is 10.1 Å². The molecule has 14 heavy (non-hydrogen) atoms. The lowest BCUT2D eigenvalue weighted by Gasteiger charge is -1.97. The van der Waals surface area contributed by atoms with E-state index in [1.54, 1.807) is 12.4 Å². The van der Waals surface area contributed by atoms with Gasteiger partial charge in [0.25, 0.3) is 0 Å². The number of fused-ring (bicyclic) bond motifs is 2. The van der Waals surface area contributed by atoms with E-state index >= 15 is 0 Å². The fourth-order valence-corrected chi connectivity index (χ4v) is 1.46. The van der Waals surface area contributed by atoms with Crippen LogP contribution in [0.25, 0.3) is 21.9 Å². The van der Waals surface area contributed by atoms with Crippen LogP contribution < -0.4 is 5.73 Å². The summed E-state index contributed by atoms with van der Waals surface area (Å²) in [6.45, 7) is 0. The normalized spacial score (nSPS) is 11.1. The first-order valence-electron chi connectivity index (χ1n) is 4.18. The minimum atomic E-state index is 0.427. The first-order chi connectivity index (χ1) is 6.83. The number of rotatable bonds is 0. The third-order valence-corrected chi connectivity index (χ3v) is 2.12. The lowest BCUT2D eigenvalue weighted by Crippen LogP contribution is -1.92. The number of anilines is 1. The molecule has 0 aliphatic carbocycles. The second kappa shape index (κ2) is 2.41. The Balaban J connectivity index is 2.50. The van der Waals surface area contributed by atoms with Crippen molar-refractivity contribution in [2.45, 2.75) is 0 Å². The molecule has 3 rings (SSSR count). The molecule has 0 radical (unpaired) electrons. The zero-order valence-corrected chi connectivity index (χ0v) is 7.23. The summed E-state index contributed by atoms with van der Waals surface area (Å²) < 4.78 is 0. The highest BCUT2D eigenvalue weighted by atomic mass is 15.1. The Morgan fingerprint density at radius 1 is 1.14 bits per heavy atom. The molecule has 0 fully saturated rings. The van der Waals surface area contributed by atoms with E-state index in [0.717, 1.165) is 21.9 Å². The van der Waals surface area contributed by atoms with Crippen LogP contribution in [0.5, 0.6) is 0 Å². The van der Waals surface area contributed by atoms with Crippen molar-refractivity contribution in [2.24, 2.45) is 0 Å². The summed E-state index contributed by atoms with van der Waals surface area (Å²) in [5.41, 5.74) is 8.09. The fourth-order valence-electron chi connectivity index (χ4n) is 1.46.